The Morgan fingerprint density at radius 2 is 2.11 bits per heavy atom. The van der Waals surface area contributed by atoms with E-state index in [2.05, 4.69) is 30.7 Å². The van der Waals surface area contributed by atoms with Crippen molar-refractivity contribution in [2.75, 3.05) is 33.2 Å². The molecule has 0 N–H and O–H groups in total. The highest BCUT2D eigenvalue weighted by molar-refractivity contribution is 5.81. The first-order chi connectivity index (χ1) is 8.60. The summed E-state index contributed by atoms with van der Waals surface area (Å²) in [5.41, 5.74) is 0. The molecule has 0 spiro atoms. The van der Waals surface area contributed by atoms with E-state index in [0.29, 0.717) is 17.7 Å². The third kappa shape index (κ3) is 3.33. The maximum atomic E-state index is 12.1. The van der Waals surface area contributed by atoms with Crippen LogP contribution in [-0.4, -0.2) is 54.9 Å². The van der Waals surface area contributed by atoms with Gasteiger partial charge in [0.2, 0.25) is 0 Å². The van der Waals surface area contributed by atoms with E-state index < -0.39 is 0 Å². The van der Waals surface area contributed by atoms with Gasteiger partial charge >= 0.3 is 0 Å². The molecule has 0 aromatic heterocycles. The first-order valence-electron chi connectivity index (χ1n) is 7.55. The second kappa shape index (κ2) is 6.16. The maximum absolute atomic E-state index is 12.1. The summed E-state index contributed by atoms with van der Waals surface area (Å²) in [4.78, 5) is 17.0. The Hall–Kier alpha value is -0.410. The maximum Gasteiger partial charge on any atom is 0.137 e. The normalized spacial score (nSPS) is 35.9. The van der Waals surface area contributed by atoms with Gasteiger partial charge in [0, 0.05) is 44.6 Å². The Balaban J connectivity index is 1.89. The minimum atomic E-state index is 0.314. The van der Waals surface area contributed by atoms with Crippen molar-refractivity contribution < 1.29 is 4.79 Å². The quantitative estimate of drug-likeness (QED) is 0.768. The third-order valence-electron chi connectivity index (χ3n) is 4.87. The first-order valence-corrected chi connectivity index (χ1v) is 7.55. The van der Waals surface area contributed by atoms with Crippen molar-refractivity contribution in [2.24, 2.45) is 11.8 Å². The van der Waals surface area contributed by atoms with Gasteiger partial charge in [-0.05, 0) is 32.7 Å². The molecule has 1 saturated heterocycles. The van der Waals surface area contributed by atoms with Gasteiger partial charge in [0.05, 0.1) is 0 Å². The van der Waals surface area contributed by atoms with Gasteiger partial charge in [-0.15, -0.1) is 0 Å². The summed E-state index contributed by atoms with van der Waals surface area (Å²) < 4.78 is 0. The lowest BCUT2D eigenvalue weighted by atomic mass is 9.79. The van der Waals surface area contributed by atoms with Crippen molar-refractivity contribution in [3.8, 4) is 0 Å². The van der Waals surface area contributed by atoms with E-state index in [1.807, 2.05) is 0 Å². The van der Waals surface area contributed by atoms with Crippen molar-refractivity contribution >= 4 is 5.78 Å². The van der Waals surface area contributed by atoms with Gasteiger partial charge in [0.1, 0.15) is 5.78 Å². The molecule has 2 fully saturated rings. The summed E-state index contributed by atoms with van der Waals surface area (Å²) in [6, 6.07) is 0.596. The number of piperazine rings is 1. The molecule has 1 aliphatic heterocycles. The minimum Gasteiger partial charge on any atom is -0.304 e. The topological polar surface area (TPSA) is 23.6 Å². The summed E-state index contributed by atoms with van der Waals surface area (Å²) in [5, 5.41) is 0. The van der Waals surface area contributed by atoms with Crippen LogP contribution in [0.5, 0.6) is 0 Å². The van der Waals surface area contributed by atoms with E-state index in [0.717, 1.165) is 51.4 Å². The molecule has 2 rings (SSSR count). The summed E-state index contributed by atoms with van der Waals surface area (Å²) in [6.07, 6.45) is 4.33. The largest absolute Gasteiger partial charge is 0.304 e. The molecule has 104 valence electrons. The lowest BCUT2D eigenvalue weighted by Gasteiger charge is -2.41. The minimum absolute atomic E-state index is 0.314. The van der Waals surface area contributed by atoms with E-state index in [9.17, 15) is 4.79 Å². The number of nitrogens with zero attached hydrogens (tertiary/aromatic N) is 2. The van der Waals surface area contributed by atoms with Crippen molar-refractivity contribution in [1.29, 1.82) is 0 Å². The molecule has 0 aromatic rings. The van der Waals surface area contributed by atoms with E-state index in [1.165, 1.54) is 6.42 Å². The lowest BCUT2D eigenvalue weighted by Crippen LogP contribution is -2.52. The summed E-state index contributed by atoms with van der Waals surface area (Å²) in [7, 11) is 2.19. The molecule has 1 saturated carbocycles. The van der Waals surface area contributed by atoms with Crippen molar-refractivity contribution in [3.05, 3.63) is 0 Å². The van der Waals surface area contributed by atoms with Crippen LogP contribution in [0, 0.1) is 11.8 Å². The SMILES string of the molecule is CCC1CCC(=O)C(CN2CCN(C)CC2C)C1. The number of ketones is 1. The first kappa shape index (κ1) is 14.0. The molecule has 1 heterocycles. The molecule has 3 heteroatoms. The number of likely N-dealkylation sites (N-methyl/N-ethyl adjacent to an activating group) is 1. The van der Waals surface area contributed by atoms with Crippen molar-refractivity contribution in [1.82, 2.24) is 9.80 Å². The van der Waals surface area contributed by atoms with Gasteiger partial charge in [-0.3, -0.25) is 9.69 Å². The van der Waals surface area contributed by atoms with Crippen LogP contribution < -0.4 is 0 Å². The predicted octanol–water partition coefficient (Wildman–Crippen LogP) is 2.02. The molecule has 3 atom stereocenters. The number of Topliss-reactive ketones (excluding diaryl/α,β-unsaturated/α-hetero) is 1. The third-order valence-corrected chi connectivity index (χ3v) is 4.87. The Morgan fingerprint density at radius 3 is 2.78 bits per heavy atom. The molecule has 18 heavy (non-hydrogen) atoms. The lowest BCUT2D eigenvalue weighted by molar-refractivity contribution is -0.126. The molecular weight excluding hydrogens is 224 g/mol. The molecule has 0 radical (unpaired) electrons. The van der Waals surface area contributed by atoms with Gasteiger partial charge in [-0.2, -0.15) is 0 Å². The smallest absolute Gasteiger partial charge is 0.137 e. The fourth-order valence-corrected chi connectivity index (χ4v) is 3.48. The van der Waals surface area contributed by atoms with Crippen LogP contribution >= 0.6 is 0 Å². The number of rotatable bonds is 3. The molecule has 3 unspecified atom stereocenters. The fraction of sp³-hybridized carbons (Fsp3) is 0.933. The molecule has 0 bridgehead atoms. The van der Waals surface area contributed by atoms with Gasteiger partial charge in [-0.1, -0.05) is 13.3 Å². The van der Waals surface area contributed by atoms with Gasteiger partial charge in [0.25, 0.3) is 0 Å². The molecule has 0 aromatic carbocycles. The van der Waals surface area contributed by atoms with E-state index in [-0.39, 0.29) is 0 Å². The van der Waals surface area contributed by atoms with Crippen molar-refractivity contribution in [2.45, 2.75) is 45.6 Å². The highest BCUT2D eigenvalue weighted by atomic mass is 16.1. The van der Waals surface area contributed by atoms with E-state index >= 15 is 0 Å². The standard InChI is InChI=1S/C15H28N2O/c1-4-13-5-6-15(18)14(9-13)11-17-8-7-16(3)10-12(17)2/h12-14H,4-11H2,1-3H3. The zero-order valence-electron chi connectivity index (χ0n) is 12.2. The Kier molecular flexibility index (Phi) is 4.79. The van der Waals surface area contributed by atoms with Crippen LogP contribution in [0.15, 0.2) is 0 Å². The number of carbonyl (C=O) groups excluding carboxylic acids is 1. The number of hydrogen-bond donors (Lipinski definition) is 0. The van der Waals surface area contributed by atoms with Gasteiger partial charge in [-0.25, -0.2) is 0 Å². The Labute approximate surface area is 112 Å². The second-order valence-electron chi connectivity index (χ2n) is 6.32. The van der Waals surface area contributed by atoms with Crippen LogP contribution in [0.1, 0.15) is 39.5 Å². The Morgan fingerprint density at radius 1 is 1.33 bits per heavy atom. The Bertz CT molecular complexity index is 292. The van der Waals surface area contributed by atoms with E-state index in [4.69, 9.17) is 0 Å². The highest BCUT2D eigenvalue weighted by Gasteiger charge is 2.31. The van der Waals surface area contributed by atoms with E-state index in [1.54, 1.807) is 0 Å². The molecule has 2 aliphatic rings. The predicted molar refractivity (Wildman–Crippen MR) is 74.7 cm³/mol. The molecule has 0 amide bonds. The van der Waals surface area contributed by atoms with Crippen LogP contribution in [0.3, 0.4) is 0 Å². The van der Waals surface area contributed by atoms with Crippen LogP contribution in [0.25, 0.3) is 0 Å². The van der Waals surface area contributed by atoms with Crippen molar-refractivity contribution in [3.63, 3.8) is 0 Å². The summed E-state index contributed by atoms with van der Waals surface area (Å²) in [6.45, 7) is 8.96. The zero-order valence-corrected chi connectivity index (χ0v) is 12.2. The zero-order chi connectivity index (χ0) is 13.1. The molecular formula is C15H28N2O. The average molecular weight is 252 g/mol. The fourth-order valence-electron chi connectivity index (χ4n) is 3.48. The van der Waals surface area contributed by atoms with Gasteiger partial charge in [0.15, 0.2) is 0 Å². The van der Waals surface area contributed by atoms with Crippen LogP contribution in [0.4, 0.5) is 0 Å². The number of hydrogen-bond acceptors (Lipinski definition) is 3. The van der Waals surface area contributed by atoms with Crippen LogP contribution in [0.2, 0.25) is 0 Å². The summed E-state index contributed by atoms with van der Waals surface area (Å²) >= 11 is 0. The molecule has 1 aliphatic carbocycles. The summed E-state index contributed by atoms with van der Waals surface area (Å²) in [5.74, 6) is 1.62. The van der Waals surface area contributed by atoms with Gasteiger partial charge < -0.3 is 4.90 Å². The van der Waals surface area contributed by atoms with Crippen LogP contribution in [-0.2, 0) is 4.79 Å². The second-order valence-corrected chi connectivity index (χ2v) is 6.32. The molecule has 3 nitrogen and oxygen atoms in total. The average Bonchev–Trinajstić information content (AvgIpc) is 2.35. The highest BCUT2D eigenvalue weighted by Crippen LogP contribution is 2.29. The monoisotopic (exact) mass is 252 g/mol. The number of carbonyl (C=O) groups is 1.